The van der Waals surface area contributed by atoms with E-state index in [9.17, 15) is 18.7 Å². The molecule has 1 aliphatic heterocycles. The summed E-state index contributed by atoms with van der Waals surface area (Å²) in [7, 11) is 0. The number of carbonyl (C=O) groups excluding carboxylic acids is 1. The third-order valence-corrected chi connectivity index (χ3v) is 4.00. The van der Waals surface area contributed by atoms with Crippen molar-refractivity contribution in [1.82, 2.24) is 15.3 Å². The van der Waals surface area contributed by atoms with Crippen LogP contribution >= 0.6 is 0 Å². The lowest BCUT2D eigenvalue weighted by atomic mass is 10.0. The number of halogens is 2. The van der Waals surface area contributed by atoms with Gasteiger partial charge in [0.1, 0.15) is 11.6 Å². The van der Waals surface area contributed by atoms with Crippen molar-refractivity contribution in [2.24, 2.45) is 5.92 Å². The molecule has 8 heteroatoms. The molecule has 1 aromatic carbocycles. The number of hydrogen-bond donors (Lipinski definition) is 2. The fourth-order valence-corrected chi connectivity index (χ4v) is 2.76. The molecule has 0 bridgehead atoms. The maximum absolute atomic E-state index is 13.7. The lowest BCUT2D eigenvalue weighted by molar-refractivity contribution is 0.0917. The van der Waals surface area contributed by atoms with Crippen molar-refractivity contribution >= 4 is 11.9 Å². The fourth-order valence-electron chi connectivity index (χ4n) is 2.76. The first-order valence-electron chi connectivity index (χ1n) is 7.47. The number of aliphatic hydroxyl groups is 1. The molecule has 1 aliphatic rings. The van der Waals surface area contributed by atoms with Crippen molar-refractivity contribution in [2.45, 2.75) is 6.04 Å². The molecule has 2 heterocycles. The lowest BCUT2D eigenvalue weighted by Crippen LogP contribution is -2.42. The smallest absolute Gasteiger partial charge is 0.254 e. The van der Waals surface area contributed by atoms with Gasteiger partial charge in [0.25, 0.3) is 5.91 Å². The topological polar surface area (TPSA) is 78.4 Å². The van der Waals surface area contributed by atoms with E-state index in [2.05, 4.69) is 15.3 Å². The quantitative estimate of drug-likeness (QED) is 0.872. The summed E-state index contributed by atoms with van der Waals surface area (Å²) >= 11 is 0. The number of nitrogens with one attached hydrogen (secondary N) is 1. The molecule has 0 aliphatic carbocycles. The Bertz CT molecular complexity index is 729. The number of anilines is 1. The van der Waals surface area contributed by atoms with E-state index in [1.807, 2.05) is 4.90 Å². The van der Waals surface area contributed by atoms with Crippen LogP contribution in [0.1, 0.15) is 10.4 Å². The Hall–Kier alpha value is -2.61. The minimum absolute atomic E-state index is 0.139. The number of carbonyl (C=O) groups is 1. The van der Waals surface area contributed by atoms with Crippen molar-refractivity contribution in [3.8, 4) is 0 Å². The lowest BCUT2D eigenvalue weighted by Gasteiger charge is -2.18. The van der Waals surface area contributed by atoms with E-state index in [1.165, 1.54) is 0 Å². The van der Waals surface area contributed by atoms with Crippen LogP contribution in [-0.4, -0.2) is 46.7 Å². The van der Waals surface area contributed by atoms with Crippen molar-refractivity contribution in [3.05, 3.63) is 53.9 Å². The third-order valence-electron chi connectivity index (χ3n) is 4.00. The molecule has 0 radical (unpaired) electrons. The Morgan fingerprint density at radius 1 is 1.29 bits per heavy atom. The Morgan fingerprint density at radius 2 is 2.04 bits per heavy atom. The minimum Gasteiger partial charge on any atom is -0.396 e. The predicted octanol–water partition coefficient (Wildman–Crippen LogP) is 0.982. The molecule has 2 N–H and O–H groups in total. The molecule has 6 nitrogen and oxygen atoms in total. The number of aromatic nitrogens is 2. The van der Waals surface area contributed by atoms with E-state index < -0.39 is 23.6 Å². The number of rotatable bonds is 4. The van der Waals surface area contributed by atoms with Gasteiger partial charge in [-0.3, -0.25) is 4.79 Å². The van der Waals surface area contributed by atoms with E-state index in [0.717, 1.165) is 12.1 Å². The summed E-state index contributed by atoms with van der Waals surface area (Å²) in [6.07, 6.45) is 3.21. The van der Waals surface area contributed by atoms with Gasteiger partial charge in [-0.1, -0.05) is 0 Å². The molecule has 0 unspecified atom stereocenters. The second-order valence-electron chi connectivity index (χ2n) is 5.60. The van der Waals surface area contributed by atoms with E-state index in [4.69, 9.17) is 0 Å². The standard InChI is InChI=1S/C16H16F2N4O2/c17-11-2-3-12(13(18)6-11)15(24)21-14-8-22(7-10(14)9-23)16-19-4-1-5-20-16/h1-6,10,14,23H,7-9H2,(H,21,24)/t10-,14+/m0/s1. The number of amides is 1. The SMILES string of the molecule is O=C(N[C@@H]1CN(c2ncccn2)C[C@H]1CO)c1ccc(F)cc1F. The predicted molar refractivity (Wildman–Crippen MR) is 82.4 cm³/mol. The van der Waals surface area contributed by atoms with Crippen molar-refractivity contribution in [1.29, 1.82) is 0 Å². The average Bonchev–Trinajstić information content (AvgIpc) is 2.98. The summed E-state index contributed by atoms with van der Waals surface area (Å²) in [4.78, 5) is 22.4. The van der Waals surface area contributed by atoms with Gasteiger partial charge in [-0.05, 0) is 18.2 Å². The second kappa shape index (κ2) is 6.88. The Labute approximate surface area is 137 Å². The summed E-state index contributed by atoms with van der Waals surface area (Å²) in [5, 5.41) is 12.2. The first-order chi connectivity index (χ1) is 11.6. The van der Waals surface area contributed by atoms with Crippen LogP contribution in [0.15, 0.2) is 36.7 Å². The first-order valence-corrected chi connectivity index (χ1v) is 7.47. The van der Waals surface area contributed by atoms with Crippen molar-refractivity contribution in [3.63, 3.8) is 0 Å². The van der Waals surface area contributed by atoms with Gasteiger partial charge < -0.3 is 15.3 Å². The molecule has 1 aromatic heterocycles. The van der Waals surface area contributed by atoms with Crippen LogP contribution in [0.25, 0.3) is 0 Å². The Balaban J connectivity index is 1.72. The molecule has 1 amide bonds. The first kappa shape index (κ1) is 16.3. The molecular formula is C16H16F2N4O2. The summed E-state index contributed by atoms with van der Waals surface area (Å²) < 4.78 is 26.7. The Kier molecular flexibility index (Phi) is 4.66. The molecule has 1 fully saturated rings. The van der Waals surface area contributed by atoms with Gasteiger partial charge in [-0.2, -0.15) is 0 Å². The molecule has 2 aromatic rings. The molecule has 0 saturated carbocycles. The van der Waals surface area contributed by atoms with E-state index in [0.29, 0.717) is 25.1 Å². The van der Waals surface area contributed by atoms with Crippen molar-refractivity contribution < 1.29 is 18.7 Å². The van der Waals surface area contributed by atoms with Gasteiger partial charge in [0.05, 0.1) is 11.6 Å². The molecule has 1 saturated heterocycles. The zero-order valence-electron chi connectivity index (χ0n) is 12.7. The highest BCUT2D eigenvalue weighted by atomic mass is 19.1. The Morgan fingerprint density at radius 3 is 2.71 bits per heavy atom. The fraction of sp³-hybridized carbons (Fsp3) is 0.312. The summed E-state index contributed by atoms with van der Waals surface area (Å²) in [5.41, 5.74) is -0.234. The van der Waals surface area contributed by atoms with Gasteiger partial charge in [0.15, 0.2) is 0 Å². The maximum atomic E-state index is 13.7. The largest absolute Gasteiger partial charge is 0.396 e. The summed E-state index contributed by atoms with van der Waals surface area (Å²) in [5.74, 6) is -2.05. The van der Waals surface area contributed by atoms with E-state index >= 15 is 0 Å². The van der Waals surface area contributed by atoms with Gasteiger partial charge in [-0.25, -0.2) is 18.7 Å². The summed E-state index contributed by atoms with van der Waals surface area (Å²) in [6, 6.07) is 4.09. The second-order valence-corrected chi connectivity index (χ2v) is 5.60. The highest BCUT2D eigenvalue weighted by Crippen LogP contribution is 2.21. The average molecular weight is 334 g/mol. The molecular weight excluding hydrogens is 318 g/mol. The van der Waals surface area contributed by atoms with Gasteiger partial charge in [0, 0.05) is 44.1 Å². The van der Waals surface area contributed by atoms with Crippen LogP contribution in [0.4, 0.5) is 14.7 Å². The van der Waals surface area contributed by atoms with Crippen molar-refractivity contribution in [2.75, 3.05) is 24.6 Å². The van der Waals surface area contributed by atoms with Crippen LogP contribution in [0, 0.1) is 17.6 Å². The van der Waals surface area contributed by atoms with Crippen LogP contribution in [0.5, 0.6) is 0 Å². The van der Waals surface area contributed by atoms with E-state index in [1.54, 1.807) is 18.5 Å². The summed E-state index contributed by atoms with van der Waals surface area (Å²) in [6.45, 7) is 0.724. The number of hydrogen-bond acceptors (Lipinski definition) is 5. The van der Waals surface area contributed by atoms with Crippen LogP contribution in [-0.2, 0) is 0 Å². The number of nitrogens with zero attached hydrogens (tertiary/aromatic N) is 3. The third kappa shape index (κ3) is 3.33. The van der Waals surface area contributed by atoms with Gasteiger partial charge >= 0.3 is 0 Å². The zero-order chi connectivity index (χ0) is 17.1. The monoisotopic (exact) mass is 334 g/mol. The molecule has 24 heavy (non-hydrogen) atoms. The minimum atomic E-state index is -0.922. The normalized spacial score (nSPS) is 20.2. The van der Waals surface area contributed by atoms with Gasteiger partial charge in [0.2, 0.25) is 5.95 Å². The number of benzene rings is 1. The molecule has 2 atom stereocenters. The van der Waals surface area contributed by atoms with Crippen LogP contribution in [0.2, 0.25) is 0 Å². The van der Waals surface area contributed by atoms with E-state index in [-0.39, 0.29) is 18.1 Å². The highest BCUT2D eigenvalue weighted by molar-refractivity contribution is 5.94. The zero-order valence-corrected chi connectivity index (χ0v) is 12.7. The molecule has 3 rings (SSSR count). The maximum Gasteiger partial charge on any atom is 0.254 e. The van der Waals surface area contributed by atoms with Crippen LogP contribution < -0.4 is 10.2 Å². The molecule has 0 spiro atoms. The highest BCUT2D eigenvalue weighted by Gasteiger charge is 2.35. The molecule has 126 valence electrons. The number of aliphatic hydroxyl groups excluding tert-OH is 1. The van der Waals surface area contributed by atoms with Crippen LogP contribution in [0.3, 0.4) is 0 Å². The van der Waals surface area contributed by atoms with Gasteiger partial charge in [-0.15, -0.1) is 0 Å².